The van der Waals surface area contributed by atoms with E-state index < -0.39 is 18.2 Å². The second-order valence-corrected chi connectivity index (χ2v) is 7.98. The van der Waals surface area contributed by atoms with Gasteiger partial charge in [0, 0.05) is 39.5 Å². The Labute approximate surface area is 185 Å². The second kappa shape index (κ2) is 8.93. The van der Waals surface area contributed by atoms with Gasteiger partial charge in [0.1, 0.15) is 18.5 Å². The van der Waals surface area contributed by atoms with Gasteiger partial charge in [-0.3, -0.25) is 19.3 Å². The summed E-state index contributed by atoms with van der Waals surface area (Å²) in [6.45, 7) is 5.04. The van der Waals surface area contributed by atoms with Crippen LogP contribution in [0.15, 0.2) is 18.2 Å². The maximum absolute atomic E-state index is 12.3. The smallest absolute Gasteiger partial charge is 0.414 e. The molecule has 2 atom stereocenters. The zero-order chi connectivity index (χ0) is 22.8. The number of benzene rings is 1. The summed E-state index contributed by atoms with van der Waals surface area (Å²) in [5.41, 5.74) is 1.56. The summed E-state index contributed by atoms with van der Waals surface area (Å²) in [6, 6.07) is 5.54. The van der Waals surface area contributed by atoms with E-state index >= 15 is 0 Å². The molecule has 11 nitrogen and oxygen atoms in total. The van der Waals surface area contributed by atoms with E-state index in [1.54, 1.807) is 4.90 Å². The van der Waals surface area contributed by atoms with Crippen molar-refractivity contribution >= 4 is 35.3 Å². The second-order valence-electron chi connectivity index (χ2n) is 7.98. The molecular formula is C21H26N4O7. The summed E-state index contributed by atoms with van der Waals surface area (Å²) in [4.78, 5) is 52.0. The molecule has 172 valence electrons. The molecule has 0 bridgehead atoms. The SMILES string of the molecule is CC(=O)NC[C@H]1CN(c2ccc3c(c2)OCC2CN(C(=O)COC(C)=O)CCN32)C(=O)O1. The number of carbonyl (C=O) groups is 4. The first-order valence-corrected chi connectivity index (χ1v) is 10.5. The highest BCUT2D eigenvalue weighted by atomic mass is 16.6. The summed E-state index contributed by atoms with van der Waals surface area (Å²) in [6.07, 6.45) is -0.876. The van der Waals surface area contributed by atoms with E-state index in [9.17, 15) is 19.2 Å². The quantitative estimate of drug-likeness (QED) is 0.634. The largest absolute Gasteiger partial charge is 0.489 e. The summed E-state index contributed by atoms with van der Waals surface area (Å²) in [7, 11) is 0. The van der Waals surface area contributed by atoms with E-state index in [-0.39, 0.29) is 31.0 Å². The zero-order valence-electron chi connectivity index (χ0n) is 18.0. The van der Waals surface area contributed by atoms with Gasteiger partial charge in [-0.2, -0.15) is 0 Å². The number of carbonyl (C=O) groups excluding carboxylic acids is 4. The first kappa shape index (κ1) is 21.7. The first-order chi connectivity index (χ1) is 15.3. The minimum absolute atomic E-state index is 0.0119. The first-order valence-electron chi connectivity index (χ1n) is 10.5. The number of nitrogens with zero attached hydrogens (tertiary/aromatic N) is 3. The number of piperazine rings is 1. The average molecular weight is 446 g/mol. The maximum atomic E-state index is 12.3. The number of rotatable bonds is 5. The highest BCUT2D eigenvalue weighted by molar-refractivity contribution is 5.91. The number of cyclic esters (lactones) is 1. The molecule has 3 aliphatic rings. The highest BCUT2D eigenvalue weighted by Crippen LogP contribution is 2.39. The van der Waals surface area contributed by atoms with Crippen molar-refractivity contribution in [2.24, 2.45) is 0 Å². The van der Waals surface area contributed by atoms with Crippen molar-refractivity contribution in [3.8, 4) is 5.75 Å². The third kappa shape index (κ3) is 4.56. The van der Waals surface area contributed by atoms with Gasteiger partial charge in [-0.25, -0.2) is 4.79 Å². The number of hydrogen-bond donors (Lipinski definition) is 1. The molecule has 0 spiro atoms. The Morgan fingerprint density at radius 1 is 1.19 bits per heavy atom. The fourth-order valence-electron chi connectivity index (χ4n) is 4.10. The molecule has 32 heavy (non-hydrogen) atoms. The Morgan fingerprint density at radius 3 is 2.75 bits per heavy atom. The molecule has 3 heterocycles. The fourth-order valence-corrected chi connectivity index (χ4v) is 4.10. The summed E-state index contributed by atoms with van der Waals surface area (Å²) in [5, 5.41) is 2.66. The third-order valence-electron chi connectivity index (χ3n) is 5.68. The summed E-state index contributed by atoms with van der Waals surface area (Å²) in [5.74, 6) is -0.214. The van der Waals surface area contributed by atoms with Gasteiger partial charge >= 0.3 is 12.1 Å². The van der Waals surface area contributed by atoms with Crippen molar-refractivity contribution in [1.29, 1.82) is 0 Å². The minimum atomic E-state index is -0.481. The normalized spacial score (nSPS) is 21.8. The Bertz CT molecular complexity index is 937. The van der Waals surface area contributed by atoms with Gasteiger partial charge in [-0.15, -0.1) is 0 Å². The topological polar surface area (TPSA) is 118 Å². The lowest BCUT2D eigenvalue weighted by Gasteiger charge is -2.45. The van der Waals surface area contributed by atoms with Crippen LogP contribution in [0.4, 0.5) is 16.2 Å². The lowest BCUT2D eigenvalue weighted by atomic mass is 10.1. The molecule has 1 unspecified atom stereocenters. The van der Waals surface area contributed by atoms with Crippen molar-refractivity contribution in [3.63, 3.8) is 0 Å². The van der Waals surface area contributed by atoms with Crippen LogP contribution in [0, 0.1) is 0 Å². The van der Waals surface area contributed by atoms with Crippen molar-refractivity contribution in [1.82, 2.24) is 10.2 Å². The molecule has 3 amide bonds. The van der Waals surface area contributed by atoms with E-state index in [4.69, 9.17) is 14.2 Å². The molecule has 3 aliphatic heterocycles. The molecule has 2 fully saturated rings. The molecule has 0 radical (unpaired) electrons. The van der Waals surface area contributed by atoms with E-state index in [1.807, 2.05) is 18.2 Å². The van der Waals surface area contributed by atoms with Crippen LogP contribution < -0.4 is 19.9 Å². The van der Waals surface area contributed by atoms with E-state index in [2.05, 4.69) is 10.2 Å². The molecule has 0 aromatic heterocycles. The lowest BCUT2D eigenvalue weighted by Crippen LogP contribution is -2.59. The molecule has 1 aromatic carbocycles. The maximum Gasteiger partial charge on any atom is 0.414 e. The van der Waals surface area contributed by atoms with Gasteiger partial charge in [-0.05, 0) is 12.1 Å². The zero-order valence-corrected chi connectivity index (χ0v) is 18.0. The molecule has 11 heteroatoms. The average Bonchev–Trinajstić information content (AvgIpc) is 3.15. The minimum Gasteiger partial charge on any atom is -0.489 e. The van der Waals surface area contributed by atoms with Gasteiger partial charge in [-0.1, -0.05) is 0 Å². The molecule has 2 saturated heterocycles. The van der Waals surface area contributed by atoms with E-state index in [1.165, 1.54) is 18.7 Å². The number of nitrogens with one attached hydrogen (secondary N) is 1. The van der Waals surface area contributed by atoms with Crippen LogP contribution in [0.2, 0.25) is 0 Å². The predicted molar refractivity (Wildman–Crippen MR) is 113 cm³/mol. The monoisotopic (exact) mass is 446 g/mol. The van der Waals surface area contributed by atoms with Crippen LogP contribution in [0.3, 0.4) is 0 Å². The van der Waals surface area contributed by atoms with Crippen LogP contribution in [0.25, 0.3) is 0 Å². The molecular weight excluding hydrogens is 420 g/mol. The molecule has 4 rings (SSSR count). The van der Waals surface area contributed by atoms with Gasteiger partial charge in [0.15, 0.2) is 6.61 Å². The van der Waals surface area contributed by atoms with Gasteiger partial charge in [0.2, 0.25) is 5.91 Å². The van der Waals surface area contributed by atoms with Crippen LogP contribution in [0.5, 0.6) is 5.75 Å². The summed E-state index contributed by atoms with van der Waals surface area (Å²) >= 11 is 0. The van der Waals surface area contributed by atoms with Crippen molar-refractivity contribution in [3.05, 3.63) is 18.2 Å². The summed E-state index contributed by atoms with van der Waals surface area (Å²) < 4.78 is 16.1. The van der Waals surface area contributed by atoms with Crippen molar-refractivity contribution in [2.45, 2.75) is 26.0 Å². The van der Waals surface area contributed by atoms with Gasteiger partial charge < -0.3 is 29.3 Å². The Kier molecular flexibility index (Phi) is 6.06. The van der Waals surface area contributed by atoms with Crippen LogP contribution in [0.1, 0.15) is 13.8 Å². The highest BCUT2D eigenvalue weighted by Gasteiger charge is 2.37. The van der Waals surface area contributed by atoms with Crippen molar-refractivity contribution < 1.29 is 33.4 Å². The molecule has 0 aliphatic carbocycles. The number of fused-ring (bicyclic) bond motifs is 3. The van der Waals surface area contributed by atoms with Crippen LogP contribution in [-0.4, -0.2) is 86.9 Å². The number of anilines is 2. The number of hydrogen-bond acceptors (Lipinski definition) is 8. The van der Waals surface area contributed by atoms with Gasteiger partial charge in [0.05, 0.1) is 30.5 Å². The Morgan fingerprint density at radius 2 is 2.00 bits per heavy atom. The number of ether oxygens (including phenoxy) is 3. The molecule has 0 saturated carbocycles. The van der Waals surface area contributed by atoms with E-state index in [0.29, 0.717) is 44.2 Å². The van der Waals surface area contributed by atoms with Gasteiger partial charge in [0.25, 0.3) is 5.91 Å². The lowest BCUT2D eigenvalue weighted by molar-refractivity contribution is -0.150. The fraction of sp³-hybridized carbons (Fsp3) is 0.524. The number of amides is 3. The number of esters is 1. The third-order valence-corrected chi connectivity index (χ3v) is 5.68. The predicted octanol–water partition coefficient (Wildman–Crippen LogP) is 0.121. The standard InChI is InChI=1S/C21H26N4O7/c1-13(26)22-8-17-10-25(21(29)32-17)15-3-4-18-19(7-15)31-11-16-9-23(5-6-24(16)18)20(28)12-30-14(2)27/h3-4,7,16-17H,5-6,8-12H2,1-2H3,(H,22,26)/t16?,17-/m0/s1. The van der Waals surface area contributed by atoms with Crippen LogP contribution in [-0.2, 0) is 23.9 Å². The Balaban J connectivity index is 1.40. The molecule has 1 aromatic rings. The van der Waals surface area contributed by atoms with Crippen LogP contribution >= 0.6 is 0 Å². The molecule has 1 N–H and O–H groups in total. The van der Waals surface area contributed by atoms with Crippen molar-refractivity contribution in [2.75, 3.05) is 55.7 Å². The Hall–Kier alpha value is -3.50. The van der Waals surface area contributed by atoms with E-state index in [0.717, 1.165) is 5.69 Å².